The van der Waals surface area contributed by atoms with Gasteiger partial charge in [0.05, 0.1) is 27.6 Å². The summed E-state index contributed by atoms with van der Waals surface area (Å²) in [7, 11) is -1.30. The molecule has 0 spiro atoms. The van der Waals surface area contributed by atoms with Crippen LogP contribution in [0.3, 0.4) is 0 Å². The number of aromatic nitrogens is 2. The third kappa shape index (κ3) is 3.12. The van der Waals surface area contributed by atoms with Crippen LogP contribution >= 0.6 is 27.5 Å². The quantitative estimate of drug-likeness (QED) is 0.673. The molecule has 0 aliphatic carbocycles. The van der Waals surface area contributed by atoms with Crippen molar-refractivity contribution in [2.45, 2.75) is 10.9 Å². The molecule has 0 saturated carbocycles. The van der Waals surface area contributed by atoms with Gasteiger partial charge in [-0.3, -0.25) is 4.21 Å². The minimum absolute atomic E-state index is 0.307. The van der Waals surface area contributed by atoms with Gasteiger partial charge in [-0.2, -0.15) is 0 Å². The highest BCUT2D eigenvalue weighted by molar-refractivity contribution is 9.10. The lowest BCUT2D eigenvalue weighted by Crippen LogP contribution is -1.99. The van der Waals surface area contributed by atoms with Gasteiger partial charge >= 0.3 is 0 Å². The van der Waals surface area contributed by atoms with Crippen molar-refractivity contribution >= 4 is 55.1 Å². The zero-order valence-corrected chi connectivity index (χ0v) is 13.9. The van der Waals surface area contributed by atoms with Crippen LogP contribution < -0.4 is 5.73 Å². The van der Waals surface area contributed by atoms with Crippen molar-refractivity contribution in [3.8, 4) is 0 Å². The highest BCUT2D eigenvalue weighted by atomic mass is 79.9. The van der Waals surface area contributed by atoms with Crippen LogP contribution in [0.4, 0.5) is 5.69 Å². The highest BCUT2D eigenvalue weighted by Crippen LogP contribution is 2.24. The number of halogens is 2. The van der Waals surface area contributed by atoms with Gasteiger partial charge in [-0.25, -0.2) is 4.98 Å². The number of benzene rings is 2. The molecule has 1 heterocycles. The van der Waals surface area contributed by atoms with Gasteiger partial charge in [0.25, 0.3) is 0 Å². The molecular weight excluding hydrogens is 374 g/mol. The SMILES string of the molecule is Nc1ccc2nc(S(=O)Cc3ccc(Br)cc3Cl)[nH]c2c1. The Morgan fingerprint density at radius 3 is 2.86 bits per heavy atom. The van der Waals surface area contributed by atoms with Crippen LogP contribution in [-0.4, -0.2) is 14.2 Å². The lowest BCUT2D eigenvalue weighted by Gasteiger charge is -2.03. The average molecular weight is 385 g/mol. The number of hydrogen-bond donors (Lipinski definition) is 2. The topological polar surface area (TPSA) is 71.8 Å². The van der Waals surface area contributed by atoms with Crippen molar-refractivity contribution in [2.75, 3.05) is 5.73 Å². The molecular formula is C14H11BrClN3OS. The Morgan fingerprint density at radius 1 is 1.29 bits per heavy atom. The normalized spacial score (nSPS) is 12.7. The molecule has 0 saturated heterocycles. The van der Waals surface area contributed by atoms with Crippen LogP contribution in [0.15, 0.2) is 46.0 Å². The summed E-state index contributed by atoms with van der Waals surface area (Å²) >= 11 is 9.50. The Labute approximate surface area is 137 Å². The minimum Gasteiger partial charge on any atom is -0.399 e. The molecule has 4 nitrogen and oxygen atoms in total. The van der Waals surface area contributed by atoms with Crippen molar-refractivity contribution < 1.29 is 4.21 Å². The van der Waals surface area contributed by atoms with Crippen molar-refractivity contribution in [2.24, 2.45) is 0 Å². The molecule has 7 heteroatoms. The second-order valence-corrected chi connectivity index (χ2v) is 7.23. The first-order valence-electron chi connectivity index (χ1n) is 6.10. The largest absolute Gasteiger partial charge is 0.399 e. The third-order valence-corrected chi connectivity index (χ3v) is 5.04. The molecule has 0 aliphatic heterocycles. The van der Waals surface area contributed by atoms with Crippen LogP contribution in [0.25, 0.3) is 11.0 Å². The van der Waals surface area contributed by atoms with E-state index in [0.29, 0.717) is 21.6 Å². The molecule has 0 fully saturated rings. The molecule has 21 heavy (non-hydrogen) atoms. The van der Waals surface area contributed by atoms with Crippen LogP contribution in [0.2, 0.25) is 5.02 Å². The number of H-pyrrole nitrogens is 1. The van der Waals surface area contributed by atoms with Gasteiger partial charge in [-0.1, -0.05) is 33.6 Å². The molecule has 3 N–H and O–H groups in total. The van der Waals surface area contributed by atoms with Crippen LogP contribution in [0.5, 0.6) is 0 Å². The summed E-state index contributed by atoms with van der Waals surface area (Å²) in [5, 5.41) is 1.01. The van der Waals surface area contributed by atoms with Crippen molar-refractivity contribution in [3.05, 3.63) is 51.5 Å². The van der Waals surface area contributed by atoms with E-state index in [-0.39, 0.29) is 0 Å². The van der Waals surface area contributed by atoms with E-state index in [1.165, 1.54) is 0 Å². The Bertz CT molecular complexity index is 849. The smallest absolute Gasteiger partial charge is 0.197 e. The van der Waals surface area contributed by atoms with E-state index in [0.717, 1.165) is 21.1 Å². The minimum atomic E-state index is -1.30. The number of aromatic amines is 1. The zero-order valence-electron chi connectivity index (χ0n) is 10.8. The number of rotatable bonds is 3. The summed E-state index contributed by atoms with van der Waals surface area (Å²) < 4.78 is 13.3. The van der Waals surface area contributed by atoms with Gasteiger partial charge in [0.15, 0.2) is 5.16 Å². The maximum absolute atomic E-state index is 12.4. The van der Waals surface area contributed by atoms with Crippen LogP contribution in [-0.2, 0) is 16.6 Å². The van der Waals surface area contributed by atoms with Gasteiger partial charge in [0.2, 0.25) is 0 Å². The van der Waals surface area contributed by atoms with E-state index in [1.807, 2.05) is 12.1 Å². The van der Waals surface area contributed by atoms with Gasteiger partial charge in [-0.15, -0.1) is 0 Å². The first kappa shape index (κ1) is 14.6. The summed E-state index contributed by atoms with van der Waals surface area (Å²) in [5.74, 6) is 0.307. The van der Waals surface area contributed by atoms with Gasteiger partial charge < -0.3 is 10.7 Å². The summed E-state index contributed by atoms with van der Waals surface area (Å²) in [6.45, 7) is 0. The van der Waals surface area contributed by atoms with Crippen LogP contribution in [0, 0.1) is 0 Å². The van der Waals surface area contributed by atoms with E-state index < -0.39 is 10.8 Å². The maximum atomic E-state index is 12.4. The molecule has 1 atom stereocenters. The second-order valence-electron chi connectivity index (χ2n) is 4.54. The molecule has 0 bridgehead atoms. The Hall–Kier alpha value is -1.37. The van der Waals surface area contributed by atoms with Crippen LogP contribution in [0.1, 0.15) is 5.56 Å². The number of nitrogens with zero attached hydrogens (tertiary/aromatic N) is 1. The van der Waals surface area contributed by atoms with E-state index in [1.54, 1.807) is 24.3 Å². The predicted molar refractivity (Wildman–Crippen MR) is 89.8 cm³/mol. The number of nitrogens with two attached hydrogens (primary N) is 1. The van der Waals surface area contributed by atoms with E-state index in [2.05, 4.69) is 25.9 Å². The zero-order chi connectivity index (χ0) is 15.0. The van der Waals surface area contributed by atoms with Gasteiger partial charge in [0.1, 0.15) is 0 Å². The molecule has 2 aromatic carbocycles. The average Bonchev–Trinajstić information content (AvgIpc) is 2.85. The number of anilines is 1. The maximum Gasteiger partial charge on any atom is 0.197 e. The predicted octanol–water partition coefficient (Wildman–Crippen LogP) is 3.87. The molecule has 0 radical (unpaired) electrons. The van der Waals surface area contributed by atoms with Crippen molar-refractivity contribution in [3.63, 3.8) is 0 Å². The number of nitrogen functional groups attached to an aromatic ring is 1. The van der Waals surface area contributed by atoms with E-state index in [9.17, 15) is 4.21 Å². The fourth-order valence-electron chi connectivity index (χ4n) is 1.96. The lowest BCUT2D eigenvalue weighted by atomic mass is 10.2. The molecule has 3 aromatic rings. The second kappa shape index (κ2) is 5.79. The van der Waals surface area contributed by atoms with Crippen molar-refractivity contribution in [1.82, 2.24) is 9.97 Å². The molecule has 3 rings (SSSR count). The summed E-state index contributed by atoms with van der Waals surface area (Å²) in [4.78, 5) is 7.38. The lowest BCUT2D eigenvalue weighted by molar-refractivity contribution is 0.677. The van der Waals surface area contributed by atoms with Crippen molar-refractivity contribution in [1.29, 1.82) is 0 Å². The van der Waals surface area contributed by atoms with Gasteiger partial charge in [0, 0.05) is 15.2 Å². The fourth-order valence-corrected chi connectivity index (χ4v) is 3.87. The standard InChI is InChI=1S/C14H11BrClN3OS/c15-9-2-1-8(11(16)5-9)7-21(20)14-18-12-4-3-10(17)6-13(12)19-14/h1-6H,7,17H2,(H,18,19). The number of nitrogens with one attached hydrogen (secondary N) is 1. The molecule has 0 amide bonds. The Morgan fingerprint density at radius 2 is 2.10 bits per heavy atom. The van der Waals surface area contributed by atoms with E-state index >= 15 is 0 Å². The number of imidazole rings is 1. The summed E-state index contributed by atoms with van der Waals surface area (Å²) in [6.07, 6.45) is 0. The summed E-state index contributed by atoms with van der Waals surface area (Å²) in [6, 6.07) is 10.8. The third-order valence-electron chi connectivity index (χ3n) is 3.00. The number of fused-ring (bicyclic) bond motifs is 1. The molecule has 1 aromatic heterocycles. The number of hydrogen-bond acceptors (Lipinski definition) is 3. The monoisotopic (exact) mass is 383 g/mol. The molecule has 108 valence electrons. The highest BCUT2D eigenvalue weighted by Gasteiger charge is 2.13. The Kier molecular flexibility index (Phi) is 4.01. The molecule has 0 aliphatic rings. The fraction of sp³-hybridized carbons (Fsp3) is 0.0714. The first-order chi connectivity index (χ1) is 10.0. The Balaban J connectivity index is 1.89. The van der Waals surface area contributed by atoms with E-state index in [4.69, 9.17) is 17.3 Å². The first-order valence-corrected chi connectivity index (χ1v) is 8.59. The van der Waals surface area contributed by atoms with Gasteiger partial charge in [-0.05, 0) is 35.9 Å². The molecule has 1 unspecified atom stereocenters. The summed E-state index contributed by atoms with van der Waals surface area (Å²) in [5.41, 5.74) is 8.70.